The van der Waals surface area contributed by atoms with Crippen LogP contribution in [0.5, 0.6) is 0 Å². The van der Waals surface area contributed by atoms with E-state index < -0.39 is 0 Å². The summed E-state index contributed by atoms with van der Waals surface area (Å²) in [6.45, 7) is 4.16. The molecule has 1 amide bonds. The number of aliphatic hydroxyl groups is 1. The molecule has 1 aromatic carbocycles. The van der Waals surface area contributed by atoms with Gasteiger partial charge in [0.25, 0.3) is 0 Å². The molecule has 1 N–H and O–H groups in total. The van der Waals surface area contributed by atoms with Gasteiger partial charge in [-0.3, -0.25) is 4.79 Å². The first-order chi connectivity index (χ1) is 8.56. The molecular formula is C15H23NO2. The van der Waals surface area contributed by atoms with Crippen LogP contribution < -0.4 is 0 Å². The number of benzene rings is 1. The predicted molar refractivity (Wildman–Crippen MR) is 73.1 cm³/mol. The maximum atomic E-state index is 12.1. The van der Waals surface area contributed by atoms with E-state index in [1.165, 1.54) is 0 Å². The second-order valence-corrected chi connectivity index (χ2v) is 5.04. The molecule has 1 rings (SSSR count). The van der Waals surface area contributed by atoms with Crippen LogP contribution in [0.3, 0.4) is 0 Å². The van der Waals surface area contributed by atoms with E-state index in [4.69, 9.17) is 0 Å². The Balaban J connectivity index is 2.82. The zero-order valence-corrected chi connectivity index (χ0v) is 11.5. The molecule has 3 heteroatoms. The first-order valence-corrected chi connectivity index (χ1v) is 6.47. The number of rotatable bonds is 6. The Morgan fingerprint density at radius 3 is 2.39 bits per heavy atom. The van der Waals surface area contributed by atoms with Crippen LogP contribution in [0.2, 0.25) is 0 Å². The van der Waals surface area contributed by atoms with Crippen molar-refractivity contribution in [3.63, 3.8) is 0 Å². The lowest BCUT2D eigenvalue weighted by Crippen LogP contribution is -2.32. The number of carbonyl (C=O) groups excluding carboxylic acids is 1. The van der Waals surface area contributed by atoms with Crippen molar-refractivity contribution in [3.8, 4) is 0 Å². The number of aliphatic hydroxyl groups excluding tert-OH is 1. The Bertz CT molecular complexity index is 362. The predicted octanol–water partition coefficient (Wildman–Crippen LogP) is 2.61. The molecule has 0 aliphatic heterocycles. The molecular weight excluding hydrogens is 226 g/mol. The number of hydrogen-bond donors (Lipinski definition) is 1. The van der Waals surface area contributed by atoms with Gasteiger partial charge >= 0.3 is 0 Å². The van der Waals surface area contributed by atoms with Crippen LogP contribution in [0.15, 0.2) is 30.3 Å². The average Bonchev–Trinajstić information content (AvgIpc) is 2.35. The molecule has 0 heterocycles. The van der Waals surface area contributed by atoms with E-state index in [0.717, 1.165) is 5.56 Å². The third-order valence-electron chi connectivity index (χ3n) is 3.03. The second-order valence-electron chi connectivity index (χ2n) is 5.04. The highest BCUT2D eigenvalue weighted by molar-refractivity contribution is 5.76. The smallest absolute Gasteiger partial charge is 0.223 e. The molecule has 1 unspecified atom stereocenters. The molecule has 1 atom stereocenters. The van der Waals surface area contributed by atoms with Gasteiger partial charge in [-0.25, -0.2) is 0 Å². The van der Waals surface area contributed by atoms with E-state index in [0.29, 0.717) is 18.8 Å². The highest BCUT2D eigenvalue weighted by Gasteiger charge is 2.21. The molecule has 1 aromatic rings. The topological polar surface area (TPSA) is 40.5 Å². The summed E-state index contributed by atoms with van der Waals surface area (Å²) >= 11 is 0. The number of carbonyl (C=O) groups is 1. The number of nitrogens with zero attached hydrogens (tertiary/aromatic N) is 1. The summed E-state index contributed by atoms with van der Waals surface area (Å²) in [4.78, 5) is 13.8. The molecule has 0 radical (unpaired) electrons. The van der Waals surface area contributed by atoms with Crippen LogP contribution in [-0.4, -0.2) is 29.6 Å². The fraction of sp³-hybridized carbons (Fsp3) is 0.533. The summed E-state index contributed by atoms with van der Waals surface area (Å²) in [6.07, 6.45) is 1.12. The van der Waals surface area contributed by atoms with Gasteiger partial charge < -0.3 is 10.0 Å². The third kappa shape index (κ3) is 4.15. The molecule has 3 nitrogen and oxygen atoms in total. The van der Waals surface area contributed by atoms with Gasteiger partial charge in [0.15, 0.2) is 0 Å². The average molecular weight is 249 g/mol. The van der Waals surface area contributed by atoms with Gasteiger partial charge in [-0.1, -0.05) is 44.2 Å². The van der Waals surface area contributed by atoms with Crippen molar-refractivity contribution in [2.75, 3.05) is 13.7 Å². The number of hydrogen-bond acceptors (Lipinski definition) is 2. The van der Waals surface area contributed by atoms with Crippen molar-refractivity contribution < 1.29 is 9.90 Å². The quantitative estimate of drug-likeness (QED) is 0.842. The fourth-order valence-corrected chi connectivity index (χ4v) is 2.05. The summed E-state index contributed by atoms with van der Waals surface area (Å²) in [5.74, 6) is 0.484. The maximum absolute atomic E-state index is 12.1. The van der Waals surface area contributed by atoms with Crippen molar-refractivity contribution in [2.24, 2.45) is 5.92 Å². The van der Waals surface area contributed by atoms with Crippen molar-refractivity contribution in [2.45, 2.75) is 32.7 Å². The molecule has 0 bridgehead atoms. The Morgan fingerprint density at radius 1 is 1.28 bits per heavy atom. The summed E-state index contributed by atoms with van der Waals surface area (Å²) in [5, 5.41) is 9.17. The van der Waals surface area contributed by atoms with Gasteiger partial charge in [0.05, 0.1) is 6.04 Å². The zero-order chi connectivity index (χ0) is 13.5. The van der Waals surface area contributed by atoms with E-state index in [-0.39, 0.29) is 18.6 Å². The van der Waals surface area contributed by atoms with E-state index in [1.807, 2.05) is 51.2 Å². The minimum absolute atomic E-state index is 0.0394. The van der Waals surface area contributed by atoms with Gasteiger partial charge in [-0.15, -0.1) is 0 Å². The molecule has 0 fully saturated rings. The van der Waals surface area contributed by atoms with Crippen molar-refractivity contribution in [1.82, 2.24) is 4.90 Å². The molecule has 0 saturated heterocycles. The van der Waals surface area contributed by atoms with Crippen LogP contribution in [0.1, 0.15) is 38.3 Å². The minimum Gasteiger partial charge on any atom is -0.396 e. The maximum Gasteiger partial charge on any atom is 0.223 e. The van der Waals surface area contributed by atoms with Gasteiger partial charge in [0.1, 0.15) is 0 Å². The highest BCUT2D eigenvalue weighted by atomic mass is 16.3. The van der Waals surface area contributed by atoms with Gasteiger partial charge in [-0.05, 0) is 17.9 Å². The van der Waals surface area contributed by atoms with Crippen molar-refractivity contribution >= 4 is 5.91 Å². The van der Waals surface area contributed by atoms with E-state index >= 15 is 0 Å². The first kappa shape index (κ1) is 14.7. The zero-order valence-electron chi connectivity index (χ0n) is 11.5. The molecule has 0 aliphatic rings. The summed E-state index contributed by atoms with van der Waals surface area (Å²) in [6, 6.07) is 9.83. The van der Waals surface area contributed by atoms with Gasteiger partial charge in [-0.2, -0.15) is 0 Å². The van der Waals surface area contributed by atoms with Gasteiger partial charge in [0, 0.05) is 20.1 Å². The highest BCUT2D eigenvalue weighted by Crippen LogP contribution is 2.23. The molecule has 0 aromatic heterocycles. The lowest BCUT2D eigenvalue weighted by Gasteiger charge is -2.29. The summed E-state index contributed by atoms with van der Waals surface area (Å²) in [7, 11) is 1.82. The standard InChI is InChI=1S/C15H23NO2/c1-12(2)11-15(18)16(3)14(9-10-17)13-7-5-4-6-8-13/h4-8,12,14,17H,9-11H2,1-3H3. The summed E-state index contributed by atoms with van der Waals surface area (Å²) < 4.78 is 0. The van der Waals surface area contributed by atoms with Gasteiger partial charge in [0.2, 0.25) is 5.91 Å². The van der Waals surface area contributed by atoms with E-state index in [2.05, 4.69) is 0 Å². The Morgan fingerprint density at radius 2 is 1.89 bits per heavy atom. The van der Waals surface area contributed by atoms with Crippen LogP contribution in [-0.2, 0) is 4.79 Å². The van der Waals surface area contributed by atoms with Crippen molar-refractivity contribution in [1.29, 1.82) is 0 Å². The normalized spacial score (nSPS) is 12.5. The molecule has 18 heavy (non-hydrogen) atoms. The fourth-order valence-electron chi connectivity index (χ4n) is 2.05. The van der Waals surface area contributed by atoms with Crippen LogP contribution in [0.4, 0.5) is 0 Å². The Hall–Kier alpha value is -1.35. The lowest BCUT2D eigenvalue weighted by atomic mass is 10.0. The summed E-state index contributed by atoms with van der Waals surface area (Å²) in [5.41, 5.74) is 1.08. The lowest BCUT2D eigenvalue weighted by molar-refractivity contribution is -0.133. The first-order valence-electron chi connectivity index (χ1n) is 6.47. The van der Waals surface area contributed by atoms with Crippen LogP contribution in [0, 0.1) is 5.92 Å². The molecule has 0 spiro atoms. The van der Waals surface area contributed by atoms with E-state index in [9.17, 15) is 9.90 Å². The third-order valence-corrected chi connectivity index (χ3v) is 3.03. The molecule has 0 aliphatic carbocycles. The SMILES string of the molecule is CC(C)CC(=O)N(C)C(CCO)c1ccccc1. The number of amides is 1. The Kier molecular flexibility index (Phi) is 5.86. The van der Waals surface area contributed by atoms with Crippen LogP contribution >= 0.6 is 0 Å². The van der Waals surface area contributed by atoms with Crippen LogP contribution in [0.25, 0.3) is 0 Å². The van der Waals surface area contributed by atoms with Crippen molar-refractivity contribution in [3.05, 3.63) is 35.9 Å². The molecule has 0 saturated carbocycles. The molecule has 100 valence electrons. The van der Waals surface area contributed by atoms with E-state index in [1.54, 1.807) is 4.90 Å². The minimum atomic E-state index is -0.0394. The monoisotopic (exact) mass is 249 g/mol. The second kappa shape index (κ2) is 7.17. The largest absolute Gasteiger partial charge is 0.396 e. The Labute approximate surface area is 109 Å².